The van der Waals surface area contributed by atoms with Crippen LogP contribution in [0.4, 0.5) is 5.69 Å². The fraction of sp³-hybridized carbons (Fsp3) is 0.261. The van der Waals surface area contributed by atoms with Gasteiger partial charge in [0.2, 0.25) is 5.91 Å². The van der Waals surface area contributed by atoms with E-state index in [1.807, 2.05) is 35.8 Å². The molecule has 0 aliphatic rings. The number of methoxy groups -OCH3 is 2. The van der Waals surface area contributed by atoms with Crippen molar-refractivity contribution >= 4 is 23.4 Å². The molecule has 3 aromatic rings. The number of rotatable bonds is 11. The molecule has 0 bridgehead atoms. The number of aryl methyl sites for hydroxylation is 1. The topological polar surface area (TPSA) is 87.5 Å². The Labute approximate surface area is 191 Å². The maximum absolute atomic E-state index is 12.5. The van der Waals surface area contributed by atoms with Crippen molar-refractivity contribution in [3.8, 4) is 17.2 Å². The molecule has 0 saturated carbocycles. The first-order valence-electron chi connectivity index (χ1n) is 9.91. The first kappa shape index (κ1) is 23.2. The van der Waals surface area contributed by atoms with E-state index in [1.54, 1.807) is 31.4 Å². The number of carbonyl (C=O) groups is 1. The van der Waals surface area contributed by atoms with Gasteiger partial charge in [-0.15, -0.1) is 16.8 Å². The van der Waals surface area contributed by atoms with Gasteiger partial charge in [-0.05, 0) is 30.7 Å². The van der Waals surface area contributed by atoms with Crippen LogP contribution in [0, 0.1) is 6.92 Å². The molecule has 32 heavy (non-hydrogen) atoms. The second kappa shape index (κ2) is 11.2. The Morgan fingerprint density at radius 2 is 1.97 bits per heavy atom. The quantitative estimate of drug-likeness (QED) is 0.345. The van der Waals surface area contributed by atoms with Crippen molar-refractivity contribution in [3.05, 3.63) is 66.5 Å². The Morgan fingerprint density at radius 3 is 2.69 bits per heavy atom. The van der Waals surface area contributed by atoms with Crippen LogP contribution < -0.4 is 19.5 Å². The van der Waals surface area contributed by atoms with Gasteiger partial charge in [0.1, 0.15) is 23.9 Å². The summed E-state index contributed by atoms with van der Waals surface area (Å²) in [7, 11) is 3.11. The minimum Gasteiger partial charge on any atom is -0.497 e. The Hall–Kier alpha value is -3.46. The summed E-state index contributed by atoms with van der Waals surface area (Å²) in [6, 6.07) is 13.0. The summed E-state index contributed by atoms with van der Waals surface area (Å²) < 4.78 is 18.3. The zero-order valence-electron chi connectivity index (χ0n) is 18.3. The molecule has 0 aliphatic heterocycles. The molecule has 0 aliphatic carbocycles. The Balaban J connectivity index is 1.64. The summed E-state index contributed by atoms with van der Waals surface area (Å²) >= 11 is 1.29. The van der Waals surface area contributed by atoms with Gasteiger partial charge < -0.3 is 19.5 Å². The number of thioether (sulfide) groups is 1. The molecule has 3 rings (SSSR count). The number of carbonyl (C=O) groups excluding carboxylic acids is 1. The third-order valence-electron chi connectivity index (χ3n) is 4.57. The number of hydrogen-bond donors (Lipinski definition) is 1. The second-order valence-corrected chi connectivity index (χ2v) is 7.70. The number of allylic oxidation sites excluding steroid dienone is 1. The highest BCUT2D eigenvalue weighted by Crippen LogP contribution is 2.29. The molecule has 168 valence electrons. The average molecular weight is 455 g/mol. The molecule has 0 atom stereocenters. The normalized spacial score (nSPS) is 10.5. The third kappa shape index (κ3) is 5.82. The molecule has 1 N–H and O–H groups in total. The predicted molar refractivity (Wildman–Crippen MR) is 125 cm³/mol. The number of aromatic nitrogens is 3. The number of para-hydroxylation sites is 1. The van der Waals surface area contributed by atoms with Crippen molar-refractivity contribution in [3.63, 3.8) is 0 Å². The van der Waals surface area contributed by atoms with E-state index >= 15 is 0 Å². The Bertz CT molecular complexity index is 1080. The highest BCUT2D eigenvalue weighted by molar-refractivity contribution is 7.99. The summed E-state index contributed by atoms with van der Waals surface area (Å²) in [5, 5.41) is 11.9. The summed E-state index contributed by atoms with van der Waals surface area (Å²) in [4.78, 5) is 12.5. The zero-order chi connectivity index (χ0) is 22.9. The van der Waals surface area contributed by atoms with E-state index in [2.05, 4.69) is 22.1 Å². The summed E-state index contributed by atoms with van der Waals surface area (Å²) in [6.45, 7) is 6.57. The monoisotopic (exact) mass is 454 g/mol. The Kier molecular flexibility index (Phi) is 8.15. The molecule has 1 aromatic heterocycles. The number of anilines is 1. The molecule has 0 fully saturated rings. The van der Waals surface area contributed by atoms with Gasteiger partial charge >= 0.3 is 0 Å². The maximum Gasteiger partial charge on any atom is 0.234 e. The minimum atomic E-state index is -0.190. The van der Waals surface area contributed by atoms with Crippen molar-refractivity contribution in [2.24, 2.45) is 0 Å². The van der Waals surface area contributed by atoms with Gasteiger partial charge in [-0.3, -0.25) is 9.36 Å². The van der Waals surface area contributed by atoms with Crippen molar-refractivity contribution in [1.29, 1.82) is 0 Å². The fourth-order valence-electron chi connectivity index (χ4n) is 2.92. The van der Waals surface area contributed by atoms with Gasteiger partial charge in [-0.2, -0.15) is 0 Å². The molecule has 0 saturated heterocycles. The molecule has 0 spiro atoms. The lowest BCUT2D eigenvalue weighted by atomic mass is 10.2. The molecule has 0 radical (unpaired) electrons. The lowest BCUT2D eigenvalue weighted by molar-refractivity contribution is -0.113. The van der Waals surface area contributed by atoms with Crippen LogP contribution in [0.3, 0.4) is 0 Å². The van der Waals surface area contributed by atoms with Gasteiger partial charge in [0.05, 0.1) is 25.7 Å². The highest BCUT2D eigenvalue weighted by atomic mass is 32.2. The van der Waals surface area contributed by atoms with E-state index in [-0.39, 0.29) is 18.3 Å². The first-order chi connectivity index (χ1) is 15.5. The number of nitrogens with one attached hydrogen (secondary N) is 1. The molecule has 1 heterocycles. The molecule has 2 aromatic carbocycles. The van der Waals surface area contributed by atoms with Crippen LogP contribution in [0.15, 0.2) is 60.3 Å². The zero-order valence-corrected chi connectivity index (χ0v) is 19.1. The van der Waals surface area contributed by atoms with Crippen LogP contribution in [0.25, 0.3) is 0 Å². The van der Waals surface area contributed by atoms with Crippen molar-refractivity contribution < 1.29 is 19.0 Å². The lowest BCUT2D eigenvalue weighted by Crippen LogP contribution is -2.15. The van der Waals surface area contributed by atoms with Gasteiger partial charge in [-0.25, -0.2) is 0 Å². The SMILES string of the molecule is C=CCn1c(COc2ccccc2C)nnc1SCC(=O)Nc1ccc(OC)cc1OC. The first-order valence-corrected chi connectivity index (χ1v) is 10.9. The largest absolute Gasteiger partial charge is 0.497 e. The van der Waals surface area contributed by atoms with Gasteiger partial charge in [0.25, 0.3) is 0 Å². The van der Waals surface area contributed by atoms with Crippen LogP contribution in [-0.4, -0.2) is 40.6 Å². The van der Waals surface area contributed by atoms with E-state index in [9.17, 15) is 4.79 Å². The second-order valence-electron chi connectivity index (χ2n) is 6.76. The van der Waals surface area contributed by atoms with E-state index in [0.29, 0.717) is 34.7 Å². The van der Waals surface area contributed by atoms with E-state index in [0.717, 1.165) is 11.3 Å². The highest BCUT2D eigenvalue weighted by Gasteiger charge is 2.15. The summed E-state index contributed by atoms with van der Waals surface area (Å²) in [5.74, 6) is 2.59. The number of nitrogens with zero attached hydrogens (tertiary/aromatic N) is 3. The molecular weight excluding hydrogens is 428 g/mol. The summed E-state index contributed by atoms with van der Waals surface area (Å²) in [5.41, 5.74) is 1.61. The smallest absolute Gasteiger partial charge is 0.234 e. The molecule has 9 heteroatoms. The van der Waals surface area contributed by atoms with E-state index < -0.39 is 0 Å². The van der Waals surface area contributed by atoms with Crippen LogP contribution in [0.1, 0.15) is 11.4 Å². The van der Waals surface area contributed by atoms with Gasteiger partial charge in [0.15, 0.2) is 11.0 Å². The number of benzene rings is 2. The van der Waals surface area contributed by atoms with Gasteiger partial charge in [-0.1, -0.05) is 36.0 Å². The fourth-order valence-corrected chi connectivity index (χ4v) is 3.69. The number of ether oxygens (including phenoxy) is 3. The van der Waals surface area contributed by atoms with Gasteiger partial charge in [0, 0.05) is 12.6 Å². The van der Waals surface area contributed by atoms with Crippen molar-refractivity contribution in [2.45, 2.75) is 25.2 Å². The standard InChI is InChI=1S/C23H26N4O4S/c1-5-12-27-21(14-31-19-9-7-6-8-16(19)2)25-26-23(27)32-15-22(28)24-18-11-10-17(29-3)13-20(18)30-4/h5-11,13H,1,12,14-15H2,2-4H3,(H,24,28). The third-order valence-corrected chi connectivity index (χ3v) is 5.54. The predicted octanol–water partition coefficient (Wildman–Crippen LogP) is 4.10. The number of hydrogen-bond acceptors (Lipinski definition) is 7. The van der Waals surface area contributed by atoms with Crippen LogP contribution in [-0.2, 0) is 17.9 Å². The molecule has 1 amide bonds. The van der Waals surface area contributed by atoms with Crippen LogP contribution in [0.2, 0.25) is 0 Å². The number of amides is 1. The van der Waals surface area contributed by atoms with E-state index in [1.165, 1.54) is 18.9 Å². The van der Waals surface area contributed by atoms with Crippen LogP contribution in [0.5, 0.6) is 17.2 Å². The van der Waals surface area contributed by atoms with Crippen molar-refractivity contribution in [1.82, 2.24) is 14.8 Å². The minimum absolute atomic E-state index is 0.156. The summed E-state index contributed by atoms with van der Waals surface area (Å²) in [6.07, 6.45) is 1.76. The molecular formula is C23H26N4O4S. The van der Waals surface area contributed by atoms with Crippen molar-refractivity contribution in [2.75, 3.05) is 25.3 Å². The maximum atomic E-state index is 12.5. The molecule has 8 nitrogen and oxygen atoms in total. The lowest BCUT2D eigenvalue weighted by Gasteiger charge is -2.12. The van der Waals surface area contributed by atoms with Crippen LogP contribution >= 0.6 is 11.8 Å². The molecule has 0 unspecified atom stereocenters. The average Bonchev–Trinajstić information content (AvgIpc) is 3.19. The van der Waals surface area contributed by atoms with E-state index in [4.69, 9.17) is 14.2 Å². The Morgan fingerprint density at radius 1 is 1.16 bits per heavy atom.